The number of hydrogen-bond donors (Lipinski definition) is 1. The topological polar surface area (TPSA) is 12.0 Å². The van der Waals surface area contributed by atoms with Crippen LogP contribution in [0.3, 0.4) is 0 Å². The fourth-order valence-electron chi connectivity index (χ4n) is 6.52. The quantitative estimate of drug-likeness (QED) is 0.161. The van der Waals surface area contributed by atoms with Crippen LogP contribution in [0.25, 0.3) is 0 Å². The average Bonchev–Trinajstić information content (AvgIpc) is 3.07. The smallest absolute Gasteiger partial charge is 0.224 e. The number of hydrogen-bond acceptors (Lipinski definition) is 2. The predicted molar refractivity (Wildman–Crippen MR) is 153 cm³/mol. The van der Waals surface area contributed by atoms with Gasteiger partial charge in [-0.3, -0.25) is 0 Å². The molecule has 2 aliphatic heterocycles. The molecule has 2 fully saturated rings. The molecule has 0 unspecified atom stereocenters. The lowest BCUT2D eigenvalue weighted by Gasteiger charge is -2.43. The minimum atomic E-state index is -1.52. The number of alkyl halides is 1. The molecule has 0 amide bonds. The van der Waals surface area contributed by atoms with Crippen molar-refractivity contribution >= 4 is 45.9 Å². The van der Waals surface area contributed by atoms with Crippen molar-refractivity contribution in [2.24, 2.45) is 5.92 Å². The summed E-state index contributed by atoms with van der Waals surface area (Å²) in [6.07, 6.45) is 10.6. The second kappa shape index (κ2) is 11.6. The van der Waals surface area contributed by atoms with Crippen molar-refractivity contribution in [3.8, 4) is 11.8 Å². The molecule has 0 aromatic carbocycles. The minimum Gasteiger partial charge on any atom is -0.348 e. The van der Waals surface area contributed by atoms with Crippen molar-refractivity contribution in [3.05, 3.63) is 22.4 Å². The zero-order valence-corrected chi connectivity index (χ0v) is 24.9. The van der Waals surface area contributed by atoms with E-state index in [2.05, 4.69) is 73.9 Å². The molecule has 1 nitrogen and oxygen atoms in total. The van der Waals surface area contributed by atoms with Gasteiger partial charge in [0.2, 0.25) is 6.85 Å². The van der Waals surface area contributed by atoms with Crippen molar-refractivity contribution in [3.63, 3.8) is 0 Å². The van der Waals surface area contributed by atoms with Crippen LogP contribution in [0.2, 0.25) is 56.1 Å². The van der Waals surface area contributed by atoms with Crippen LogP contribution >= 0.6 is 22.9 Å². The summed E-state index contributed by atoms with van der Waals surface area (Å²) in [5.41, 5.74) is 1.31. The SMILES string of the molecule is C[Si](C)(C)[C@@H]1B(N[C@@H](c2cccs2)[C@H](C#CCCCCl)[Si](C)(C)C)C2CCCC1CCC2. The van der Waals surface area contributed by atoms with Gasteiger partial charge in [-0.15, -0.1) is 34.8 Å². The van der Waals surface area contributed by atoms with Gasteiger partial charge in [-0.2, -0.15) is 0 Å². The highest BCUT2D eigenvalue weighted by Gasteiger charge is 2.49. The molecule has 2 saturated heterocycles. The molecule has 178 valence electrons. The molecule has 0 spiro atoms. The molecule has 3 atom stereocenters. The van der Waals surface area contributed by atoms with Gasteiger partial charge < -0.3 is 5.23 Å². The highest BCUT2D eigenvalue weighted by Crippen LogP contribution is 2.51. The summed E-state index contributed by atoms with van der Waals surface area (Å²) < 4.78 is 0. The highest BCUT2D eigenvalue weighted by molar-refractivity contribution is 7.10. The summed E-state index contributed by atoms with van der Waals surface area (Å²) in [6, 6.07) is 4.97. The second-order valence-electron chi connectivity index (χ2n) is 12.4. The van der Waals surface area contributed by atoms with Gasteiger partial charge in [0.15, 0.2) is 0 Å². The van der Waals surface area contributed by atoms with Gasteiger partial charge in [-0.05, 0) is 35.0 Å². The van der Waals surface area contributed by atoms with Gasteiger partial charge in [0, 0.05) is 36.8 Å². The summed E-state index contributed by atoms with van der Waals surface area (Å²) in [7, 11) is -2.82. The first-order valence-electron chi connectivity index (χ1n) is 13.0. The van der Waals surface area contributed by atoms with Crippen molar-refractivity contribution in [2.75, 3.05) is 5.88 Å². The lowest BCUT2D eigenvalue weighted by molar-refractivity contribution is 0.411. The molecule has 0 saturated carbocycles. The van der Waals surface area contributed by atoms with Crippen LogP contribution < -0.4 is 5.23 Å². The van der Waals surface area contributed by atoms with Crippen LogP contribution in [0.15, 0.2) is 17.5 Å². The third-order valence-corrected chi connectivity index (χ3v) is 14.3. The van der Waals surface area contributed by atoms with E-state index >= 15 is 0 Å². The average molecular weight is 506 g/mol. The number of thiophene rings is 1. The first kappa shape index (κ1) is 26.6. The maximum Gasteiger partial charge on any atom is 0.224 e. The van der Waals surface area contributed by atoms with Crippen molar-refractivity contribution in [2.45, 2.75) is 113 Å². The van der Waals surface area contributed by atoms with Crippen LogP contribution in [0, 0.1) is 17.8 Å². The molecule has 1 N–H and O–H groups in total. The lowest BCUT2D eigenvalue weighted by atomic mass is 9.46. The Morgan fingerprint density at radius 3 is 2.34 bits per heavy atom. The Hall–Kier alpha value is 0.00870. The van der Waals surface area contributed by atoms with Crippen LogP contribution in [-0.4, -0.2) is 28.9 Å². The molecule has 0 aliphatic carbocycles. The van der Waals surface area contributed by atoms with Gasteiger partial charge in [-0.25, -0.2) is 0 Å². The van der Waals surface area contributed by atoms with Gasteiger partial charge in [0.1, 0.15) is 0 Å². The minimum absolute atomic E-state index is 0.369. The summed E-state index contributed by atoms with van der Waals surface area (Å²) in [6.45, 7) is 16.1. The molecular weight excluding hydrogens is 461 g/mol. The number of rotatable bonds is 8. The Bertz CT molecular complexity index is 752. The summed E-state index contributed by atoms with van der Waals surface area (Å²) >= 11 is 7.87. The summed E-state index contributed by atoms with van der Waals surface area (Å²) in [5.74, 6) is 9.83. The standard InChI is InChI=1S/C26H45BClNSSi2/c1-31(2,3)24(18-8-7-9-19-28)25(23-17-12-20-30-23)29-27-22-15-10-13-21(14-11-16-22)26(27)32(4,5)6/h12,17,20-22,24-26,29H,7,9-11,13-16,19H2,1-6H3/t21?,22?,24-,25-,26-/m0/s1. The molecule has 6 heteroatoms. The van der Waals surface area contributed by atoms with E-state index in [1.54, 1.807) is 0 Å². The van der Waals surface area contributed by atoms with E-state index in [1.165, 1.54) is 43.4 Å². The van der Waals surface area contributed by atoms with Crippen molar-refractivity contribution in [1.82, 2.24) is 5.23 Å². The maximum absolute atomic E-state index is 5.94. The van der Waals surface area contributed by atoms with Crippen LogP contribution in [-0.2, 0) is 0 Å². The van der Waals surface area contributed by atoms with Gasteiger partial charge in [0.25, 0.3) is 0 Å². The first-order chi connectivity index (χ1) is 15.1. The molecular formula is C26H45BClNSSi2. The van der Waals surface area contributed by atoms with Crippen molar-refractivity contribution in [1.29, 1.82) is 0 Å². The molecule has 2 bridgehead atoms. The largest absolute Gasteiger partial charge is 0.348 e. The zero-order valence-electron chi connectivity index (χ0n) is 21.3. The Labute approximate surface area is 210 Å². The molecule has 3 heterocycles. The van der Waals surface area contributed by atoms with E-state index in [4.69, 9.17) is 11.6 Å². The third kappa shape index (κ3) is 6.78. The van der Waals surface area contributed by atoms with E-state index in [0.717, 1.165) is 30.0 Å². The molecule has 3 rings (SSSR count). The van der Waals surface area contributed by atoms with Crippen LogP contribution in [0.5, 0.6) is 0 Å². The Morgan fingerprint density at radius 1 is 1.12 bits per heavy atom. The van der Waals surface area contributed by atoms with Crippen LogP contribution in [0.4, 0.5) is 0 Å². The fourth-order valence-corrected chi connectivity index (χ4v) is 12.6. The van der Waals surface area contributed by atoms with Crippen molar-refractivity contribution < 1.29 is 0 Å². The molecule has 32 heavy (non-hydrogen) atoms. The monoisotopic (exact) mass is 505 g/mol. The fraction of sp³-hybridized carbons (Fsp3) is 0.769. The Balaban J connectivity index is 2.00. The number of unbranched alkanes of at least 4 members (excludes halogenated alkanes) is 1. The van der Waals surface area contributed by atoms with E-state index in [9.17, 15) is 0 Å². The van der Waals surface area contributed by atoms with Crippen LogP contribution in [0.1, 0.15) is 62.3 Å². The van der Waals surface area contributed by atoms with Gasteiger partial charge in [-0.1, -0.05) is 83.9 Å². The van der Waals surface area contributed by atoms with E-state index in [1.807, 2.05) is 11.3 Å². The van der Waals surface area contributed by atoms with E-state index in [-0.39, 0.29) is 0 Å². The Kier molecular flexibility index (Phi) is 9.67. The molecule has 1 aromatic rings. The summed E-state index contributed by atoms with van der Waals surface area (Å²) in [4.78, 5) is 1.50. The lowest BCUT2D eigenvalue weighted by Crippen LogP contribution is -2.54. The normalized spacial score (nSPS) is 26.1. The summed E-state index contributed by atoms with van der Waals surface area (Å²) in [5, 5.41) is 6.68. The first-order valence-corrected chi connectivity index (χ1v) is 21.5. The third-order valence-electron chi connectivity index (χ3n) is 7.88. The van der Waals surface area contributed by atoms with Gasteiger partial charge >= 0.3 is 0 Å². The second-order valence-corrected chi connectivity index (χ2v) is 24.5. The number of halogens is 1. The molecule has 1 aromatic heterocycles. The van der Waals surface area contributed by atoms with E-state index in [0.29, 0.717) is 24.3 Å². The predicted octanol–water partition coefficient (Wildman–Crippen LogP) is 8.70. The number of nitrogens with one attached hydrogen (secondary N) is 1. The maximum atomic E-state index is 5.94. The Morgan fingerprint density at radius 2 is 1.81 bits per heavy atom. The molecule has 2 aliphatic rings. The number of fused-ring (bicyclic) bond motifs is 3. The van der Waals surface area contributed by atoms with E-state index < -0.39 is 16.1 Å². The molecule has 0 radical (unpaired) electrons. The zero-order chi connectivity index (χ0) is 23.4. The van der Waals surface area contributed by atoms with Gasteiger partial charge in [0.05, 0.1) is 8.07 Å². The highest BCUT2D eigenvalue weighted by atomic mass is 35.5.